The third-order valence-electron chi connectivity index (χ3n) is 2.66. The van der Waals surface area contributed by atoms with Crippen LogP contribution in [0.15, 0.2) is 24.3 Å². The number of sulfone groups is 1. The lowest BCUT2D eigenvalue weighted by Crippen LogP contribution is -2.16. The zero-order valence-electron chi connectivity index (χ0n) is 10.7. The van der Waals surface area contributed by atoms with Crippen LogP contribution in [0.25, 0.3) is 0 Å². The van der Waals surface area contributed by atoms with Crippen molar-refractivity contribution < 1.29 is 8.42 Å². The van der Waals surface area contributed by atoms with Crippen LogP contribution in [0.5, 0.6) is 0 Å². The maximum atomic E-state index is 12.0. The Hall–Kier alpha value is -0.940. The normalized spacial score (nSPS) is 11.7. The summed E-state index contributed by atoms with van der Waals surface area (Å²) in [7, 11) is -3.10. The summed E-state index contributed by atoms with van der Waals surface area (Å²) >= 11 is 4.93. The lowest BCUT2D eigenvalue weighted by atomic mass is 10.1. The molecule has 1 rings (SSSR count). The Morgan fingerprint density at radius 2 is 1.94 bits per heavy atom. The highest BCUT2D eigenvalue weighted by Crippen LogP contribution is 2.14. The summed E-state index contributed by atoms with van der Waals surface area (Å²) in [6, 6.07) is 7.13. The van der Waals surface area contributed by atoms with Crippen LogP contribution >= 0.6 is 12.2 Å². The molecule has 100 valence electrons. The van der Waals surface area contributed by atoms with Crippen molar-refractivity contribution >= 4 is 27.0 Å². The van der Waals surface area contributed by atoms with E-state index in [1.165, 1.54) is 0 Å². The number of rotatable bonds is 6. The number of thiocarbonyl (C=S) groups is 1. The average Bonchev–Trinajstić information content (AvgIpc) is 2.26. The largest absolute Gasteiger partial charge is 0.389 e. The quantitative estimate of drug-likeness (QED) is 0.815. The Kier molecular flexibility index (Phi) is 5.28. The van der Waals surface area contributed by atoms with E-state index in [-0.39, 0.29) is 16.5 Å². The molecular formula is C13H19NO2S2. The van der Waals surface area contributed by atoms with E-state index >= 15 is 0 Å². The van der Waals surface area contributed by atoms with Gasteiger partial charge in [-0.3, -0.25) is 0 Å². The van der Waals surface area contributed by atoms with E-state index in [1.54, 1.807) is 24.3 Å². The molecule has 18 heavy (non-hydrogen) atoms. The van der Waals surface area contributed by atoms with E-state index in [1.807, 2.05) is 13.8 Å². The summed E-state index contributed by atoms with van der Waals surface area (Å²) in [5, 5.41) is 0. The van der Waals surface area contributed by atoms with Gasteiger partial charge in [0.15, 0.2) is 9.84 Å². The minimum absolute atomic E-state index is 0.00718. The van der Waals surface area contributed by atoms with Crippen molar-refractivity contribution in [3.8, 4) is 0 Å². The molecule has 0 saturated carbocycles. The summed E-state index contributed by atoms with van der Waals surface area (Å²) in [4.78, 5) is 0.240. The fraction of sp³-hybridized carbons (Fsp3) is 0.462. The third kappa shape index (κ3) is 4.74. The molecule has 0 aliphatic carbocycles. The number of nitrogens with two attached hydrogens (primary N) is 1. The first-order chi connectivity index (χ1) is 8.32. The van der Waals surface area contributed by atoms with Crippen molar-refractivity contribution in [2.75, 3.05) is 5.75 Å². The summed E-state index contributed by atoms with van der Waals surface area (Å²) in [6.45, 7) is 4.02. The maximum Gasteiger partial charge on any atom is 0.154 e. The molecule has 0 aliphatic rings. The molecule has 0 unspecified atom stereocenters. The van der Waals surface area contributed by atoms with E-state index in [4.69, 9.17) is 18.0 Å². The Labute approximate surface area is 114 Å². The molecule has 0 aliphatic heterocycles. The first kappa shape index (κ1) is 15.1. The zero-order valence-corrected chi connectivity index (χ0v) is 12.4. The van der Waals surface area contributed by atoms with Crippen LogP contribution in [0.4, 0.5) is 0 Å². The summed E-state index contributed by atoms with van der Waals surface area (Å²) in [5.74, 6) is 0.592. The van der Waals surface area contributed by atoms with E-state index in [0.717, 1.165) is 0 Å². The minimum Gasteiger partial charge on any atom is -0.389 e. The van der Waals surface area contributed by atoms with Gasteiger partial charge in [0.05, 0.1) is 11.5 Å². The van der Waals surface area contributed by atoms with E-state index in [2.05, 4.69) is 0 Å². The Morgan fingerprint density at radius 3 is 2.50 bits per heavy atom. The van der Waals surface area contributed by atoms with Gasteiger partial charge in [0.25, 0.3) is 0 Å². The first-order valence-electron chi connectivity index (χ1n) is 5.90. The second-order valence-corrected chi connectivity index (χ2v) is 7.42. The lowest BCUT2D eigenvalue weighted by Gasteiger charge is -2.10. The number of hydrogen-bond donors (Lipinski definition) is 1. The van der Waals surface area contributed by atoms with Crippen LogP contribution < -0.4 is 5.73 Å². The molecule has 1 aromatic rings. The molecule has 3 nitrogen and oxygen atoms in total. The molecule has 2 N–H and O–H groups in total. The van der Waals surface area contributed by atoms with Crippen molar-refractivity contribution in [2.45, 2.75) is 26.0 Å². The van der Waals surface area contributed by atoms with Crippen LogP contribution in [0, 0.1) is 5.92 Å². The zero-order chi connectivity index (χ0) is 13.8. The molecule has 5 heteroatoms. The fourth-order valence-corrected chi connectivity index (χ4v) is 3.51. The molecule has 0 spiro atoms. The smallest absolute Gasteiger partial charge is 0.154 e. The van der Waals surface area contributed by atoms with Crippen molar-refractivity contribution in [2.24, 2.45) is 11.7 Å². The van der Waals surface area contributed by atoms with Gasteiger partial charge in [-0.2, -0.15) is 0 Å². The van der Waals surface area contributed by atoms with Crippen LogP contribution in [0.2, 0.25) is 0 Å². The average molecular weight is 285 g/mol. The van der Waals surface area contributed by atoms with Gasteiger partial charge in [-0.25, -0.2) is 8.42 Å². The molecule has 0 amide bonds. The molecule has 0 saturated heterocycles. The highest BCUT2D eigenvalue weighted by atomic mass is 32.2. The standard InChI is InChI=1S/C13H19NO2S2/c1-10(2)7-8-18(15,16)9-11-5-3-4-6-12(11)13(14)17/h3-6,10H,7-9H2,1-2H3,(H2,14,17). The second kappa shape index (κ2) is 6.29. The predicted octanol–water partition coefficient (Wildman–Crippen LogP) is 2.28. The monoisotopic (exact) mass is 285 g/mol. The maximum absolute atomic E-state index is 12.0. The highest BCUT2D eigenvalue weighted by Gasteiger charge is 2.15. The van der Waals surface area contributed by atoms with E-state index < -0.39 is 9.84 Å². The topological polar surface area (TPSA) is 60.2 Å². The SMILES string of the molecule is CC(C)CCS(=O)(=O)Cc1ccccc1C(N)=S. The Balaban J connectivity index is 2.87. The van der Waals surface area contributed by atoms with Gasteiger partial charge in [-0.05, 0) is 17.9 Å². The van der Waals surface area contributed by atoms with Crippen molar-refractivity contribution in [3.63, 3.8) is 0 Å². The summed E-state index contributed by atoms with van der Waals surface area (Å²) < 4.78 is 24.0. The molecule has 0 atom stereocenters. The van der Waals surface area contributed by atoms with Gasteiger partial charge >= 0.3 is 0 Å². The third-order valence-corrected chi connectivity index (χ3v) is 4.49. The van der Waals surface area contributed by atoms with Crippen LogP contribution in [0.3, 0.4) is 0 Å². The molecule has 0 fully saturated rings. The van der Waals surface area contributed by atoms with Gasteiger partial charge in [-0.1, -0.05) is 50.3 Å². The van der Waals surface area contributed by atoms with Gasteiger partial charge in [0.2, 0.25) is 0 Å². The molecule has 0 radical (unpaired) electrons. The van der Waals surface area contributed by atoms with Gasteiger partial charge in [0.1, 0.15) is 4.99 Å². The Morgan fingerprint density at radius 1 is 1.33 bits per heavy atom. The molecule has 0 aromatic heterocycles. The first-order valence-corrected chi connectivity index (χ1v) is 8.13. The Bertz CT molecular complexity index is 522. The fourth-order valence-electron chi connectivity index (χ4n) is 1.61. The molecule has 1 aromatic carbocycles. The van der Waals surface area contributed by atoms with E-state index in [0.29, 0.717) is 23.5 Å². The predicted molar refractivity (Wildman–Crippen MR) is 79.3 cm³/mol. The number of hydrogen-bond acceptors (Lipinski definition) is 3. The van der Waals surface area contributed by atoms with Gasteiger partial charge < -0.3 is 5.73 Å². The highest BCUT2D eigenvalue weighted by molar-refractivity contribution is 7.90. The van der Waals surface area contributed by atoms with Crippen LogP contribution in [-0.2, 0) is 15.6 Å². The van der Waals surface area contributed by atoms with E-state index in [9.17, 15) is 8.42 Å². The molecule has 0 bridgehead atoms. The van der Waals surface area contributed by atoms with Crippen LogP contribution in [-0.4, -0.2) is 19.2 Å². The number of benzene rings is 1. The van der Waals surface area contributed by atoms with Crippen molar-refractivity contribution in [1.82, 2.24) is 0 Å². The summed E-state index contributed by atoms with van der Waals surface area (Å²) in [5.41, 5.74) is 6.93. The molecule has 0 heterocycles. The van der Waals surface area contributed by atoms with Crippen LogP contribution in [0.1, 0.15) is 31.4 Å². The van der Waals surface area contributed by atoms with Crippen molar-refractivity contribution in [1.29, 1.82) is 0 Å². The summed E-state index contributed by atoms with van der Waals surface area (Å²) in [6.07, 6.45) is 0.678. The minimum atomic E-state index is -3.10. The second-order valence-electron chi connectivity index (χ2n) is 4.80. The lowest BCUT2D eigenvalue weighted by molar-refractivity contribution is 0.573. The van der Waals surface area contributed by atoms with Gasteiger partial charge in [0, 0.05) is 5.56 Å². The molecular weight excluding hydrogens is 266 g/mol. The van der Waals surface area contributed by atoms with Crippen molar-refractivity contribution in [3.05, 3.63) is 35.4 Å². The van der Waals surface area contributed by atoms with Gasteiger partial charge in [-0.15, -0.1) is 0 Å².